The second-order valence-electron chi connectivity index (χ2n) is 5.28. The van der Waals surface area contributed by atoms with Crippen molar-refractivity contribution in [2.75, 3.05) is 33.4 Å². The summed E-state index contributed by atoms with van der Waals surface area (Å²) >= 11 is 5.32. The second-order valence-corrected chi connectivity index (χ2v) is 7.45. The molecule has 0 aromatic heterocycles. The third kappa shape index (κ3) is 3.69. The van der Waals surface area contributed by atoms with Crippen LogP contribution in [0.2, 0.25) is 0 Å². The molecule has 128 valence electrons. The number of hydrogen-bond donors (Lipinski definition) is 2. The third-order valence-corrected chi connectivity index (χ3v) is 4.58. The molecule has 23 heavy (non-hydrogen) atoms. The Hall–Kier alpha value is -1.95. The number of urea groups is 2. The van der Waals surface area contributed by atoms with E-state index in [2.05, 4.69) is 10.3 Å². The summed E-state index contributed by atoms with van der Waals surface area (Å²) in [6.45, 7) is 0.568. The van der Waals surface area contributed by atoms with E-state index in [9.17, 15) is 18.0 Å². The lowest BCUT2D eigenvalue weighted by Gasteiger charge is -2.41. The van der Waals surface area contributed by atoms with E-state index in [0.717, 1.165) is 6.26 Å². The first-order valence-electron chi connectivity index (χ1n) is 6.71. The quantitative estimate of drug-likeness (QED) is 0.595. The van der Waals surface area contributed by atoms with E-state index >= 15 is 0 Å². The Morgan fingerprint density at radius 3 is 2.70 bits per heavy atom. The highest BCUT2D eigenvalue weighted by Gasteiger charge is 2.45. The van der Waals surface area contributed by atoms with Crippen molar-refractivity contribution < 1.29 is 18.0 Å². The number of fused-ring (bicyclic) bond motifs is 1. The van der Waals surface area contributed by atoms with Crippen LogP contribution in [0.25, 0.3) is 0 Å². The number of thiocarbonyl (C=S) groups is 1. The van der Waals surface area contributed by atoms with Gasteiger partial charge in [-0.2, -0.15) is 0 Å². The van der Waals surface area contributed by atoms with E-state index in [0.29, 0.717) is 11.5 Å². The molecule has 12 heteroatoms. The number of aliphatic imine (C=N–C) groups is 1. The number of nitrogens with zero attached hydrogens (tertiary/aromatic N) is 4. The van der Waals surface area contributed by atoms with Crippen molar-refractivity contribution in [3.63, 3.8) is 0 Å². The molecule has 0 saturated carbocycles. The van der Waals surface area contributed by atoms with E-state index in [-0.39, 0.29) is 18.6 Å². The molecule has 10 nitrogen and oxygen atoms in total. The molecule has 2 N–H and O–H groups in total. The number of carbonyl (C=O) groups excluding carboxylic acids is 2. The Labute approximate surface area is 139 Å². The smallest absolute Gasteiger partial charge is 0.328 e. The Morgan fingerprint density at radius 2 is 2.09 bits per heavy atom. The maximum absolute atomic E-state index is 12.0. The summed E-state index contributed by atoms with van der Waals surface area (Å²) in [6, 6.07) is -1.30. The first kappa shape index (κ1) is 17.4. The van der Waals surface area contributed by atoms with E-state index in [4.69, 9.17) is 12.2 Å². The lowest BCUT2D eigenvalue weighted by Crippen LogP contribution is -2.63. The molecular formula is C11H18N6O4S2. The van der Waals surface area contributed by atoms with Gasteiger partial charge in [-0.05, 0) is 0 Å². The average Bonchev–Trinajstić information content (AvgIpc) is 2.85. The second kappa shape index (κ2) is 6.28. The maximum Gasteiger partial charge on any atom is 0.328 e. The van der Waals surface area contributed by atoms with Gasteiger partial charge in [0.15, 0.2) is 6.17 Å². The van der Waals surface area contributed by atoms with Gasteiger partial charge in [-0.25, -0.2) is 27.7 Å². The SMILES string of the molecule is CN1C(=O)N(C)C2N=CN(CCNC(=O)NS(C)(=O)=O)C2C1=S. The van der Waals surface area contributed by atoms with Crippen LogP contribution in [0.15, 0.2) is 4.99 Å². The molecule has 2 heterocycles. The number of hydrogen-bond acceptors (Lipinski definition) is 7. The van der Waals surface area contributed by atoms with Gasteiger partial charge in [0.1, 0.15) is 11.0 Å². The third-order valence-electron chi connectivity index (χ3n) is 3.51. The number of amides is 4. The van der Waals surface area contributed by atoms with Gasteiger partial charge in [0.2, 0.25) is 10.0 Å². The Morgan fingerprint density at radius 1 is 1.43 bits per heavy atom. The number of rotatable bonds is 4. The molecule has 0 radical (unpaired) electrons. The van der Waals surface area contributed by atoms with Crippen LogP contribution in [-0.4, -0.2) is 92.2 Å². The Bertz CT molecular complexity index is 663. The molecule has 0 spiro atoms. The largest absolute Gasteiger partial charge is 0.348 e. The fourth-order valence-electron chi connectivity index (χ4n) is 2.40. The molecular weight excluding hydrogens is 344 g/mol. The highest BCUT2D eigenvalue weighted by molar-refractivity contribution is 7.89. The molecule has 4 amide bonds. The lowest BCUT2D eigenvalue weighted by atomic mass is 10.1. The van der Waals surface area contributed by atoms with E-state index in [1.165, 1.54) is 9.80 Å². The van der Waals surface area contributed by atoms with Crippen molar-refractivity contribution in [1.82, 2.24) is 24.7 Å². The number of likely N-dealkylation sites (N-methyl/N-ethyl adjacent to an activating group) is 2. The number of carbonyl (C=O) groups is 2. The summed E-state index contributed by atoms with van der Waals surface area (Å²) in [7, 11) is -0.342. The fraction of sp³-hybridized carbons (Fsp3) is 0.636. The Balaban J connectivity index is 1.93. The van der Waals surface area contributed by atoms with Crippen molar-refractivity contribution in [3.05, 3.63) is 0 Å². The van der Waals surface area contributed by atoms with Crippen LogP contribution in [0.4, 0.5) is 9.59 Å². The van der Waals surface area contributed by atoms with Crippen LogP contribution in [0.5, 0.6) is 0 Å². The lowest BCUT2D eigenvalue weighted by molar-refractivity contribution is 0.145. The highest BCUT2D eigenvalue weighted by Crippen LogP contribution is 2.24. The summed E-state index contributed by atoms with van der Waals surface area (Å²) in [5.74, 6) is 0. The van der Waals surface area contributed by atoms with Crippen LogP contribution in [0.1, 0.15) is 0 Å². The van der Waals surface area contributed by atoms with Crippen molar-refractivity contribution in [2.24, 2.45) is 4.99 Å². The monoisotopic (exact) mass is 362 g/mol. The molecule has 0 aliphatic carbocycles. The van der Waals surface area contributed by atoms with Crippen LogP contribution < -0.4 is 10.0 Å². The normalized spacial score (nSPS) is 24.0. The fourth-order valence-corrected chi connectivity index (χ4v) is 3.15. The predicted molar refractivity (Wildman–Crippen MR) is 87.7 cm³/mol. The molecule has 1 saturated heterocycles. The summed E-state index contributed by atoms with van der Waals surface area (Å²) in [5, 5.41) is 2.44. The van der Waals surface area contributed by atoms with E-state index in [1.54, 1.807) is 20.4 Å². The molecule has 0 bridgehead atoms. The topological polar surface area (TPSA) is 114 Å². The van der Waals surface area contributed by atoms with Gasteiger partial charge in [-0.15, -0.1) is 0 Å². The Kier molecular flexibility index (Phi) is 4.75. The van der Waals surface area contributed by atoms with Gasteiger partial charge < -0.3 is 15.1 Å². The van der Waals surface area contributed by atoms with Gasteiger partial charge >= 0.3 is 12.1 Å². The van der Waals surface area contributed by atoms with Gasteiger partial charge in [-0.1, -0.05) is 12.2 Å². The van der Waals surface area contributed by atoms with Gasteiger partial charge in [0.05, 0.1) is 12.6 Å². The minimum Gasteiger partial charge on any atom is -0.348 e. The summed E-state index contributed by atoms with van der Waals surface area (Å²) in [6.07, 6.45) is 2.09. The molecule has 2 rings (SSSR count). The van der Waals surface area contributed by atoms with Gasteiger partial charge in [-0.3, -0.25) is 4.90 Å². The molecule has 0 aromatic rings. The zero-order valence-electron chi connectivity index (χ0n) is 12.9. The molecule has 2 aliphatic heterocycles. The minimum absolute atomic E-state index is 0.195. The van der Waals surface area contributed by atoms with Crippen molar-refractivity contribution in [1.29, 1.82) is 0 Å². The van der Waals surface area contributed by atoms with Crippen molar-refractivity contribution in [3.8, 4) is 0 Å². The van der Waals surface area contributed by atoms with E-state index < -0.39 is 22.2 Å². The maximum atomic E-state index is 12.0. The molecule has 2 unspecified atom stereocenters. The number of nitrogens with one attached hydrogen (secondary N) is 2. The average molecular weight is 362 g/mol. The van der Waals surface area contributed by atoms with Crippen molar-refractivity contribution >= 4 is 45.6 Å². The zero-order chi connectivity index (χ0) is 17.4. The molecule has 2 atom stereocenters. The predicted octanol–water partition coefficient (Wildman–Crippen LogP) is -1.39. The first-order valence-corrected chi connectivity index (χ1v) is 9.01. The highest BCUT2D eigenvalue weighted by atomic mass is 32.2. The number of sulfonamides is 1. The first-order chi connectivity index (χ1) is 10.6. The minimum atomic E-state index is -3.59. The molecule has 0 aromatic carbocycles. The van der Waals surface area contributed by atoms with Crippen molar-refractivity contribution in [2.45, 2.75) is 12.2 Å². The summed E-state index contributed by atoms with van der Waals surface area (Å²) in [5.41, 5.74) is 0. The standard InChI is InChI=1S/C11H18N6O4S2/c1-15-8-7(9(22)16(2)11(15)19)17(6-13-8)5-4-12-10(18)14-23(3,20)21/h6-8H,4-5H2,1-3H3,(H2,12,14,18). The van der Waals surface area contributed by atoms with Crippen LogP contribution in [0.3, 0.4) is 0 Å². The van der Waals surface area contributed by atoms with Crippen LogP contribution >= 0.6 is 12.2 Å². The van der Waals surface area contributed by atoms with Gasteiger partial charge in [0, 0.05) is 27.2 Å². The van der Waals surface area contributed by atoms with Crippen LogP contribution in [-0.2, 0) is 10.0 Å². The van der Waals surface area contributed by atoms with Crippen LogP contribution in [0, 0.1) is 0 Å². The molecule has 1 fully saturated rings. The van der Waals surface area contributed by atoms with E-state index in [1.807, 2.05) is 9.62 Å². The van der Waals surface area contributed by atoms with Gasteiger partial charge in [0.25, 0.3) is 0 Å². The summed E-state index contributed by atoms with van der Waals surface area (Å²) in [4.78, 5) is 32.8. The summed E-state index contributed by atoms with van der Waals surface area (Å²) < 4.78 is 23.7. The zero-order valence-corrected chi connectivity index (χ0v) is 14.5. The molecule has 2 aliphatic rings.